The van der Waals surface area contributed by atoms with Crippen molar-refractivity contribution in [2.75, 3.05) is 13.7 Å². The average Bonchev–Trinajstić information content (AvgIpc) is 2.42. The Bertz CT molecular complexity index is 350. The molecule has 10 heteroatoms. The Morgan fingerprint density at radius 1 is 1.35 bits per heavy atom. The van der Waals surface area contributed by atoms with E-state index < -0.39 is 43.1 Å². The second-order valence-corrected chi connectivity index (χ2v) is 4.41. The Hall–Kier alpha value is -0.970. The van der Waals surface area contributed by atoms with Gasteiger partial charge in [0.1, 0.15) is 24.4 Å². The van der Waals surface area contributed by atoms with Gasteiger partial charge in [0.2, 0.25) is 0 Å². The van der Waals surface area contributed by atoms with E-state index in [2.05, 4.69) is 10.0 Å². The number of hydrogen-bond donors (Lipinski definition) is 4. The van der Waals surface area contributed by atoms with Gasteiger partial charge in [-0.1, -0.05) is 5.11 Å². The summed E-state index contributed by atoms with van der Waals surface area (Å²) in [4.78, 5) is 2.57. The van der Waals surface area contributed by atoms with Crippen LogP contribution in [0.5, 0.6) is 0 Å². The Balaban J connectivity index is 2.85. The number of methoxy groups -OCH3 is 1. The summed E-state index contributed by atoms with van der Waals surface area (Å²) in [5, 5.41) is 41.8. The first-order valence-corrected chi connectivity index (χ1v) is 5.99. The van der Waals surface area contributed by atoms with E-state index in [-0.39, 0.29) is 6.54 Å². The monoisotopic (exact) mass is 293 g/mol. The number of ether oxygens (including phenoxy) is 3. The molecule has 0 spiro atoms. The lowest BCUT2D eigenvalue weighted by Crippen LogP contribution is -2.60. The minimum absolute atomic E-state index is 0.197. The summed E-state index contributed by atoms with van der Waals surface area (Å²) in [7, 11) is 1.27. The Labute approximate surface area is 115 Å². The normalized spacial score (nSPS) is 37.0. The maximum Gasteiger partial charge on any atom is 0.186 e. The second kappa shape index (κ2) is 7.72. The van der Waals surface area contributed by atoms with Gasteiger partial charge in [0.15, 0.2) is 12.6 Å². The van der Waals surface area contributed by atoms with Gasteiger partial charge in [-0.2, -0.15) is 0 Å². The van der Waals surface area contributed by atoms with Crippen molar-refractivity contribution >= 4 is 0 Å². The molecule has 1 rings (SSSR count). The third-order valence-corrected chi connectivity index (χ3v) is 2.91. The van der Waals surface area contributed by atoms with Crippen LogP contribution in [0.3, 0.4) is 0 Å². The van der Waals surface area contributed by atoms with Gasteiger partial charge in [-0.25, -0.2) is 0 Å². The smallest absolute Gasteiger partial charge is 0.186 e. The van der Waals surface area contributed by atoms with Crippen LogP contribution in [0.2, 0.25) is 0 Å². The fourth-order valence-electron chi connectivity index (χ4n) is 1.81. The molecule has 10 nitrogen and oxygen atoms in total. The van der Waals surface area contributed by atoms with Crippen molar-refractivity contribution in [2.45, 2.75) is 50.0 Å². The number of hydrogen-bond acceptors (Lipinski definition) is 8. The number of aliphatic hydroxyl groups excluding tert-OH is 4. The quantitative estimate of drug-likeness (QED) is 0.200. The minimum Gasteiger partial charge on any atom is -0.388 e. The lowest BCUT2D eigenvalue weighted by Gasteiger charge is -2.42. The van der Waals surface area contributed by atoms with Crippen LogP contribution >= 0.6 is 0 Å². The number of aliphatic hydroxyl groups is 4. The summed E-state index contributed by atoms with van der Waals surface area (Å²) < 4.78 is 15.2. The molecule has 0 bridgehead atoms. The molecule has 4 N–H and O–H groups in total. The van der Waals surface area contributed by atoms with E-state index in [9.17, 15) is 20.4 Å². The molecular formula is C10H19N3O7. The molecule has 0 saturated carbocycles. The lowest BCUT2D eigenvalue weighted by molar-refractivity contribution is -0.318. The molecule has 116 valence electrons. The van der Waals surface area contributed by atoms with Gasteiger partial charge in [0.25, 0.3) is 0 Å². The number of rotatable bonds is 6. The number of azide groups is 1. The largest absolute Gasteiger partial charge is 0.388 e. The van der Waals surface area contributed by atoms with E-state index in [0.717, 1.165) is 0 Å². The average molecular weight is 293 g/mol. The van der Waals surface area contributed by atoms with Gasteiger partial charge < -0.3 is 34.6 Å². The molecule has 1 aliphatic heterocycles. The van der Waals surface area contributed by atoms with E-state index in [1.807, 2.05) is 0 Å². The van der Waals surface area contributed by atoms with Crippen molar-refractivity contribution in [2.24, 2.45) is 5.11 Å². The first kappa shape index (κ1) is 17.1. The Kier molecular flexibility index (Phi) is 6.59. The summed E-state index contributed by atoms with van der Waals surface area (Å²) in [6.07, 6.45) is -8.89. The molecule has 0 aromatic heterocycles. The number of nitrogens with zero attached hydrogens (tertiary/aromatic N) is 3. The molecule has 0 aromatic carbocycles. The van der Waals surface area contributed by atoms with Crippen molar-refractivity contribution in [1.82, 2.24) is 0 Å². The molecule has 0 aromatic rings. The standard InChI is InChI=1S/C10H19N3O7/c1-4(14)9(17)20-8-5(3-12-13-11)19-10(18-2)7(16)6(8)15/h4-10,14-17H,3H2,1-2H3. The van der Waals surface area contributed by atoms with Crippen molar-refractivity contribution in [3.05, 3.63) is 10.4 Å². The topological polar surface area (TPSA) is 157 Å². The molecular weight excluding hydrogens is 274 g/mol. The van der Waals surface area contributed by atoms with Crippen LogP contribution in [0, 0.1) is 0 Å². The van der Waals surface area contributed by atoms with Gasteiger partial charge in [0.05, 0.1) is 12.6 Å². The van der Waals surface area contributed by atoms with Crippen LogP contribution < -0.4 is 0 Å². The van der Waals surface area contributed by atoms with Gasteiger partial charge in [-0.3, -0.25) is 0 Å². The van der Waals surface area contributed by atoms with Crippen molar-refractivity contribution in [3.63, 3.8) is 0 Å². The maximum absolute atomic E-state index is 9.98. The van der Waals surface area contributed by atoms with Crippen LogP contribution in [0.1, 0.15) is 6.92 Å². The van der Waals surface area contributed by atoms with Crippen molar-refractivity contribution < 1.29 is 34.6 Å². The summed E-state index contributed by atoms with van der Waals surface area (Å²) in [5.74, 6) is 0. The Morgan fingerprint density at radius 3 is 2.50 bits per heavy atom. The van der Waals surface area contributed by atoms with Crippen LogP contribution in [-0.4, -0.2) is 77.2 Å². The predicted molar refractivity (Wildman–Crippen MR) is 64.3 cm³/mol. The van der Waals surface area contributed by atoms with Crippen LogP contribution in [0.15, 0.2) is 5.11 Å². The van der Waals surface area contributed by atoms with Gasteiger partial charge >= 0.3 is 0 Å². The van der Waals surface area contributed by atoms with E-state index >= 15 is 0 Å². The predicted octanol–water partition coefficient (Wildman–Crippen LogP) is -1.53. The SMILES string of the molecule is COC1OC(CN=[N+]=[N-])C(OC(O)C(C)O)C(O)C1O. The van der Waals surface area contributed by atoms with E-state index in [1.165, 1.54) is 14.0 Å². The lowest BCUT2D eigenvalue weighted by atomic mass is 9.98. The molecule has 20 heavy (non-hydrogen) atoms. The van der Waals surface area contributed by atoms with Crippen molar-refractivity contribution in [1.29, 1.82) is 0 Å². The second-order valence-electron chi connectivity index (χ2n) is 4.41. The maximum atomic E-state index is 9.98. The molecule has 0 aliphatic carbocycles. The molecule has 1 fully saturated rings. The molecule has 1 heterocycles. The van der Waals surface area contributed by atoms with E-state index in [0.29, 0.717) is 0 Å². The first-order chi connectivity index (χ1) is 9.42. The van der Waals surface area contributed by atoms with E-state index in [1.54, 1.807) is 0 Å². The third kappa shape index (κ3) is 4.01. The fourth-order valence-corrected chi connectivity index (χ4v) is 1.81. The highest BCUT2D eigenvalue weighted by Gasteiger charge is 2.46. The summed E-state index contributed by atoms with van der Waals surface area (Å²) in [6.45, 7) is 1.09. The Morgan fingerprint density at radius 2 is 2.00 bits per heavy atom. The summed E-state index contributed by atoms with van der Waals surface area (Å²) in [5.41, 5.74) is 8.32. The van der Waals surface area contributed by atoms with Crippen molar-refractivity contribution in [3.8, 4) is 0 Å². The molecule has 7 unspecified atom stereocenters. The van der Waals surface area contributed by atoms with Crippen LogP contribution in [-0.2, 0) is 14.2 Å². The zero-order valence-electron chi connectivity index (χ0n) is 11.1. The van der Waals surface area contributed by atoms with Gasteiger partial charge in [-0.15, -0.1) is 0 Å². The fraction of sp³-hybridized carbons (Fsp3) is 1.00. The molecule has 1 saturated heterocycles. The van der Waals surface area contributed by atoms with Gasteiger partial charge in [-0.05, 0) is 12.5 Å². The van der Waals surface area contributed by atoms with Crippen LogP contribution in [0.25, 0.3) is 10.4 Å². The zero-order valence-corrected chi connectivity index (χ0v) is 11.1. The van der Waals surface area contributed by atoms with E-state index in [4.69, 9.17) is 19.7 Å². The summed E-state index contributed by atoms with van der Waals surface area (Å²) >= 11 is 0. The highest BCUT2D eigenvalue weighted by Crippen LogP contribution is 2.25. The summed E-state index contributed by atoms with van der Waals surface area (Å²) in [6, 6.07) is 0. The third-order valence-electron chi connectivity index (χ3n) is 2.91. The highest BCUT2D eigenvalue weighted by atomic mass is 16.7. The zero-order chi connectivity index (χ0) is 15.3. The molecule has 1 aliphatic rings. The van der Waals surface area contributed by atoms with Gasteiger partial charge in [0, 0.05) is 12.0 Å². The molecule has 7 atom stereocenters. The molecule has 0 amide bonds. The minimum atomic E-state index is -1.59. The molecule has 0 radical (unpaired) electrons. The van der Waals surface area contributed by atoms with Crippen LogP contribution in [0.4, 0.5) is 0 Å². The highest BCUT2D eigenvalue weighted by molar-refractivity contribution is 4.91. The first-order valence-electron chi connectivity index (χ1n) is 5.99.